The Morgan fingerprint density at radius 3 is 2.54 bits per heavy atom. The molecular formula is C17H19BrN2O3S. The number of rotatable bonds is 6. The van der Waals surface area contributed by atoms with Gasteiger partial charge >= 0.3 is 0 Å². The van der Waals surface area contributed by atoms with Gasteiger partial charge in [-0.2, -0.15) is 0 Å². The van der Waals surface area contributed by atoms with Gasteiger partial charge in [-0.25, -0.2) is 13.1 Å². The van der Waals surface area contributed by atoms with Crippen molar-refractivity contribution in [2.75, 3.05) is 11.9 Å². The highest BCUT2D eigenvalue weighted by Crippen LogP contribution is 2.21. The van der Waals surface area contributed by atoms with Crippen LogP contribution in [0.2, 0.25) is 0 Å². The number of halogens is 1. The third-order valence-corrected chi connectivity index (χ3v) is 5.91. The van der Waals surface area contributed by atoms with Crippen molar-refractivity contribution in [2.24, 2.45) is 0 Å². The fourth-order valence-corrected chi connectivity index (χ4v) is 4.16. The highest BCUT2D eigenvalue weighted by molar-refractivity contribution is 9.10. The van der Waals surface area contributed by atoms with E-state index in [1.165, 1.54) is 6.07 Å². The van der Waals surface area contributed by atoms with Gasteiger partial charge in [-0.3, -0.25) is 4.79 Å². The maximum absolute atomic E-state index is 12.2. The topological polar surface area (TPSA) is 75.3 Å². The summed E-state index contributed by atoms with van der Waals surface area (Å²) in [5, 5.41) is 2.81. The Kier molecular flexibility index (Phi) is 6.15. The molecule has 0 atom stereocenters. The van der Waals surface area contributed by atoms with E-state index >= 15 is 0 Å². The van der Waals surface area contributed by atoms with Crippen molar-refractivity contribution in [3.05, 3.63) is 58.1 Å². The Hall–Kier alpha value is -1.70. The zero-order valence-electron chi connectivity index (χ0n) is 13.5. The molecule has 7 heteroatoms. The monoisotopic (exact) mass is 410 g/mol. The van der Waals surface area contributed by atoms with Gasteiger partial charge in [0.2, 0.25) is 15.9 Å². The van der Waals surface area contributed by atoms with Crippen molar-refractivity contribution < 1.29 is 13.2 Å². The molecule has 0 saturated carbocycles. The number of hydrogen-bond acceptors (Lipinski definition) is 3. The largest absolute Gasteiger partial charge is 0.326 e. The Morgan fingerprint density at radius 2 is 1.83 bits per heavy atom. The number of anilines is 1. The smallest absolute Gasteiger partial charge is 0.241 e. The van der Waals surface area contributed by atoms with E-state index in [4.69, 9.17) is 0 Å². The van der Waals surface area contributed by atoms with Gasteiger partial charge < -0.3 is 5.32 Å². The Bertz CT molecular complexity index is 851. The SMILES string of the molecule is Cc1ccc(C)c(NC(=O)CCNS(=O)(=O)c2ccccc2Br)c1. The van der Waals surface area contributed by atoms with Crippen LogP contribution in [0.3, 0.4) is 0 Å². The molecule has 5 nitrogen and oxygen atoms in total. The Labute approximate surface area is 150 Å². The summed E-state index contributed by atoms with van der Waals surface area (Å²) in [6.45, 7) is 3.88. The van der Waals surface area contributed by atoms with Crippen molar-refractivity contribution in [2.45, 2.75) is 25.2 Å². The minimum Gasteiger partial charge on any atom is -0.326 e. The van der Waals surface area contributed by atoms with E-state index in [1.54, 1.807) is 18.2 Å². The van der Waals surface area contributed by atoms with Crippen molar-refractivity contribution in [1.29, 1.82) is 0 Å². The molecule has 0 aliphatic carbocycles. The van der Waals surface area contributed by atoms with Crippen LogP contribution in [0.4, 0.5) is 5.69 Å². The van der Waals surface area contributed by atoms with Crippen molar-refractivity contribution in [3.8, 4) is 0 Å². The van der Waals surface area contributed by atoms with E-state index in [0.717, 1.165) is 16.8 Å². The van der Waals surface area contributed by atoms with Crippen LogP contribution in [0.15, 0.2) is 51.8 Å². The molecule has 0 radical (unpaired) electrons. The summed E-state index contributed by atoms with van der Waals surface area (Å²) in [5.74, 6) is -0.237. The summed E-state index contributed by atoms with van der Waals surface area (Å²) in [4.78, 5) is 12.2. The molecule has 0 aliphatic rings. The van der Waals surface area contributed by atoms with Crippen molar-refractivity contribution >= 4 is 37.5 Å². The fourth-order valence-electron chi connectivity index (χ4n) is 2.12. The minimum atomic E-state index is -3.65. The highest BCUT2D eigenvalue weighted by atomic mass is 79.9. The molecule has 2 N–H and O–H groups in total. The maximum Gasteiger partial charge on any atom is 0.241 e. The van der Waals surface area contributed by atoms with Crippen LogP contribution in [0.5, 0.6) is 0 Å². The van der Waals surface area contributed by atoms with E-state index in [-0.39, 0.29) is 23.8 Å². The molecule has 0 bridgehead atoms. The Balaban J connectivity index is 1.93. The van der Waals surface area contributed by atoms with Gasteiger partial charge in [0, 0.05) is 23.1 Å². The normalized spacial score (nSPS) is 11.3. The third-order valence-electron chi connectivity index (χ3n) is 3.44. The molecule has 0 fully saturated rings. The first-order valence-electron chi connectivity index (χ1n) is 7.41. The lowest BCUT2D eigenvalue weighted by Gasteiger charge is -2.10. The lowest BCUT2D eigenvalue weighted by Crippen LogP contribution is -2.28. The molecule has 2 aromatic rings. The van der Waals surface area contributed by atoms with Crippen LogP contribution in [-0.2, 0) is 14.8 Å². The van der Waals surface area contributed by atoms with E-state index in [0.29, 0.717) is 4.47 Å². The fraction of sp³-hybridized carbons (Fsp3) is 0.235. The predicted molar refractivity (Wildman–Crippen MR) is 98.5 cm³/mol. The van der Waals surface area contributed by atoms with Gasteiger partial charge in [-0.05, 0) is 59.1 Å². The molecule has 24 heavy (non-hydrogen) atoms. The van der Waals surface area contributed by atoms with Crippen LogP contribution in [0, 0.1) is 13.8 Å². The molecule has 0 aliphatic heterocycles. The quantitative estimate of drug-likeness (QED) is 0.766. The van der Waals surface area contributed by atoms with Crippen LogP contribution < -0.4 is 10.0 Å². The molecule has 2 rings (SSSR count). The Morgan fingerprint density at radius 1 is 1.12 bits per heavy atom. The average Bonchev–Trinajstić information content (AvgIpc) is 2.51. The molecule has 0 aromatic heterocycles. The summed E-state index contributed by atoms with van der Waals surface area (Å²) in [7, 11) is -3.65. The van der Waals surface area contributed by atoms with Gasteiger partial charge in [0.25, 0.3) is 0 Å². The van der Waals surface area contributed by atoms with Gasteiger partial charge in [0.1, 0.15) is 0 Å². The number of carbonyl (C=O) groups is 1. The molecule has 0 heterocycles. The lowest BCUT2D eigenvalue weighted by atomic mass is 10.1. The molecule has 128 valence electrons. The standard InChI is InChI=1S/C17H19BrN2O3S/c1-12-7-8-13(2)15(11-12)20-17(21)9-10-19-24(22,23)16-6-4-3-5-14(16)18/h3-8,11,19H,9-10H2,1-2H3,(H,20,21). The molecule has 1 amide bonds. The van der Waals surface area contributed by atoms with Crippen LogP contribution in [0.25, 0.3) is 0 Å². The predicted octanol–water partition coefficient (Wildman–Crippen LogP) is 3.37. The number of aryl methyl sites for hydroxylation is 2. The second kappa shape index (κ2) is 7.92. The van der Waals surface area contributed by atoms with Crippen LogP contribution in [-0.4, -0.2) is 20.9 Å². The summed E-state index contributed by atoms with van der Waals surface area (Å²) in [6.07, 6.45) is 0.0526. The number of carbonyl (C=O) groups excluding carboxylic acids is 1. The molecule has 2 aromatic carbocycles. The number of nitrogens with one attached hydrogen (secondary N) is 2. The number of amides is 1. The molecular weight excluding hydrogens is 392 g/mol. The third kappa shape index (κ3) is 4.90. The van der Waals surface area contributed by atoms with Gasteiger partial charge in [0.15, 0.2) is 0 Å². The maximum atomic E-state index is 12.2. The number of sulfonamides is 1. The number of benzene rings is 2. The van der Waals surface area contributed by atoms with Gasteiger partial charge in [-0.15, -0.1) is 0 Å². The molecule has 0 saturated heterocycles. The van der Waals surface area contributed by atoms with E-state index in [2.05, 4.69) is 26.0 Å². The molecule has 0 unspecified atom stereocenters. The molecule has 0 spiro atoms. The second-order valence-corrected chi connectivity index (χ2v) is 8.03. The summed E-state index contributed by atoms with van der Waals surface area (Å²) in [5.41, 5.74) is 2.75. The van der Waals surface area contributed by atoms with Crippen LogP contribution >= 0.6 is 15.9 Å². The highest BCUT2D eigenvalue weighted by Gasteiger charge is 2.17. The summed E-state index contributed by atoms with van der Waals surface area (Å²) in [6, 6.07) is 12.3. The van der Waals surface area contributed by atoms with Gasteiger partial charge in [0.05, 0.1) is 4.90 Å². The minimum absolute atomic E-state index is 0.0281. The van der Waals surface area contributed by atoms with E-state index < -0.39 is 10.0 Å². The average molecular weight is 411 g/mol. The number of hydrogen-bond donors (Lipinski definition) is 2. The zero-order valence-corrected chi connectivity index (χ0v) is 15.9. The lowest BCUT2D eigenvalue weighted by molar-refractivity contribution is -0.116. The summed E-state index contributed by atoms with van der Waals surface area (Å²) < 4.78 is 27.4. The first-order valence-corrected chi connectivity index (χ1v) is 9.68. The van der Waals surface area contributed by atoms with E-state index in [9.17, 15) is 13.2 Å². The van der Waals surface area contributed by atoms with Crippen LogP contribution in [0.1, 0.15) is 17.5 Å². The van der Waals surface area contributed by atoms with Crippen molar-refractivity contribution in [3.63, 3.8) is 0 Å². The second-order valence-electron chi connectivity index (χ2n) is 5.44. The van der Waals surface area contributed by atoms with Gasteiger partial charge in [-0.1, -0.05) is 24.3 Å². The zero-order chi connectivity index (χ0) is 17.7. The van der Waals surface area contributed by atoms with Crippen molar-refractivity contribution in [1.82, 2.24) is 4.72 Å². The van der Waals surface area contributed by atoms with E-state index in [1.807, 2.05) is 32.0 Å². The first kappa shape index (κ1) is 18.6. The summed E-state index contributed by atoms with van der Waals surface area (Å²) >= 11 is 3.21. The first-order chi connectivity index (χ1) is 11.3.